The molecule has 8 rings (SSSR count). The van der Waals surface area contributed by atoms with E-state index in [1.165, 1.54) is 45.6 Å². The number of methoxy groups -OCH3 is 2. The summed E-state index contributed by atoms with van der Waals surface area (Å²) in [4.78, 5) is 37.5. The Morgan fingerprint density at radius 1 is 0.790 bits per heavy atom. The van der Waals surface area contributed by atoms with Gasteiger partial charge in [-0.25, -0.2) is 9.59 Å². The smallest absolute Gasteiger partial charge is 0.417 e. The van der Waals surface area contributed by atoms with E-state index in [1.54, 1.807) is 42.4 Å². The third-order valence-corrected chi connectivity index (χ3v) is 16.3. The van der Waals surface area contributed by atoms with Gasteiger partial charge in [0.05, 0.1) is 51.3 Å². The molecule has 0 spiro atoms. The number of carbonyl (C=O) groups is 2. The normalized spacial score (nSPS) is 20.3. The molecule has 0 saturated heterocycles. The van der Waals surface area contributed by atoms with Gasteiger partial charge < -0.3 is 43.5 Å². The van der Waals surface area contributed by atoms with Gasteiger partial charge in [-0.2, -0.15) is 0 Å². The minimum absolute atomic E-state index is 0.0290. The van der Waals surface area contributed by atoms with E-state index < -0.39 is 29.9 Å². The van der Waals surface area contributed by atoms with E-state index in [1.807, 2.05) is 60.7 Å². The van der Waals surface area contributed by atoms with Crippen LogP contribution >= 0.6 is 0 Å². The number of anilines is 1. The quantitative estimate of drug-likeness (QED) is 0.0213. The molecule has 14 heteroatoms. The second-order valence-corrected chi connectivity index (χ2v) is 21.7. The number of hydrogen-bond donors (Lipinski definition) is 3. The molecule has 1 aliphatic heterocycles. The molecule has 2 amide bonds. The molecule has 3 N–H and O–H groups in total. The van der Waals surface area contributed by atoms with E-state index >= 15 is 4.79 Å². The van der Waals surface area contributed by atoms with Crippen LogP contribution in [-0.4, -0.2) is 85.5 Å². The molecule has 6 atom stereocenters. The van der Waals surface area contributed by atoms with Crippen molar-refractivity contribution < 1.29 is 53.1 Å². The van der Waals surface area contributed by atoms with Crippen molar-refractivity contribution in [3.63, 3.8) is 0 Å². The van der Waals surface area contributed by atoms with Crippen molar-refractivity contribution in [1.82, 2.24) is 4.90 Å². The Balaban J connectivity index is 1.25. The van der Waals surface area contributed by atoms with E-state index in [4.69, 9.17) is 38.4 Å². The van der Waals surface area contributed by atoms with Crippen molar-refractivity contribution in [2.45, 2.75) is 147 Å². The number of hydrogen-bond acceptors (Lipinski definition) is 12. The van der Waals surface area contributed by atoms with Crippen molar-refractivity contribution in [1.29, 1.82) is 0 Å². The number of nitrogens with zero attached hydrogens (tertiary/aromatic N) is 2. The number of ether oxygens (including phenoxy) is 6. The maximum absolute atomic E-state index is 15.5. The predicted octanol–water partition coefficient (Wildman–Crippen LogP) is 14.9. The van der Waals surface area contributed by atoms with Crippen molar-refractivity contribution in [3.8, 4) is 23.0 Å². The standard InChI is InChI=1S/C67H85N3O11/c1-5-7-8-9-10-11-12-13-14-24-41-77-66(74)70(46-51-31-25-30-49-28-18-19-32-54(49)51)62-45-59(69-79-47-48-26-16-15-17-27-48)56-42-50(29-20-22-38-71)55(33-21-23-39-72)63-57-43-53(35-37-60(57)81-67(62,64(56)63)78-40-6-2)80-65(73)68-58-36-34-52(75-3)44-61(58)76-4/h6,15-19,25-28,30-32,34-37,42-44,50,55,62-64,71-72H,2,5,7-14,20-24,29,33,38-41,45-47H2,1,3-4H3,(H,68,73). The van der Waals surface area contributed by atoms with Crippen LogP contribution in [0, 0.1) is 17.8 Å². The molecule has 0 radical (unpaired) electrons. The lowest BCUT2D eigenvalue weighted by Crippen LogP contribution is -2.70. The molecule has 6 unspecified atom stereocenters. The third kappa shape index (κ3) is 15.4. The van der Waals surface area contributed by atoms with Gasteiger partial charge in [-0.1, -0.05) is 168 Å². The first-order valence-corrected chi connectivity index (χ1v) is 29.6. The van der Waals surface area contributed by atoms with Gasteiger partial charge in [0.15, 0.2) is 0 Å². The lowest BCUT2D eigenvalue weighted by atomic mass is 9.55. The number of rotatable bonds is 32. The molecule has 1 fully saturated rings. The van der Waals surface area contributed by atoms with Gasteiger partial charge in [-0.15, -0.1) is 6.58 Å². The van der Waals surface area contributed by atoms with Crippen molar-refractivity contribution >= 4 is 34.4 Å². The Morgan fingerprint density at radius 3 is 2.25 bits per heavy atom. The van der Waals surface area contributed by atoms with Crippen LogP contribution < -0.4 is 24.3 Å². The SMILES string of the molecule is C=CCOC12Oc3ccc(OC(=O)Nc4ccc(OC)cc4OC)cc3C3C(CCCCO)C(CCCCO)C=C(C(=NOCc4ccccc4)CC1N(Cc1cccc4ccccc14)C(=O)OCCCCCCCCCCCC)C32. The number of allylic oxidation sites excluding steroid dienone is 1. The van der Waals surface area contributed by atoms with Crippen LogP contribution in [0.2, 0.25) is 0 Å². The number of aliphatic hydroxyl groups is 2. The number of unbranched alkanes of at least 4 members (excludes halogenated alkanes) is 11. The molecule has 0 bridgehead atoms. The van der Waals surface area contributed by atoms with Crippen LogP contribution in [0.3, 0.4) is 0 Å². The zero-order valence-electron chi connectivity index (χ0n) is 47.9. The van der Waals surface area contributed by atoms with E-state index in [0.29, 0.717) is 41.5 Å². The van der Waals surface area contributed by atoms with Gasteiger partial charge >= 0.3 is 12.2 Å². The van der Waals surface area contributed by atoms with Gasteiger partial charge in [0, 0.05) is 37.2 Å². The fourth-order valence-electron chi connectivity index (χ4n) is 12.4. The summed E-state index contributed by atoms with van der Waals surface area (Å²) in [6, 6.07) is 33.9. The number of benzene rings is 5. The Bertz CT molecular complexity index is 2870. The van der Waals surface area contributed by atoms with Crippen LogP contribution in [0.5, 0.6) is 23.0 Å². The molecule has 5 aromatic rings. The molecule has 3 aliphatic rings. The highest BCUT2D eigenvalue weighted by Crippen LogP contribution is 2.62. The summed E-state index contributed by atoms with van der Waals surface area (Å²) >= 11 is 0. The Hall–Kier alpha value is -6.87. The molecule has 2 aliphatic carbocycles. The fourth-order valence-corrected chi connectivity index (χ4v) is 12.4. The maximum atomic E-state index is 15.5. The van der Waals surface area contributed by atoms with E-state index in [0.717, 1.165) is 84.4 Å². The van der Waals surface area contributed by atoms with Crippen molar-refractivity contribution in [2.75, 3.05) is 46.0 Å². The van der Waals surface area contributed by atoms with Crippen LogP contribution in [0.1, 0.15) is 139 Å². The number of amides is 2. The highest BCUT2D eigenvalue weighted by molar-refractivity contribution is 6.03. The van der Waals surface area contributed by atoms with E-state index in [9.17, 15) is 15.0 Å². The largest absolute Gasteiger partial charge is 0.497 e. The molecular weight excluding hydrogens is 1020 g/mol. The Labute approximate surface area is 479 Å². The van der Waals surface area contributed by atoms with E-state index in [-0.39, 0.29) is 69.5 Å². The Morgan fingerprint density at radius 2 is 1.51 bits per heavy atom. The summed E-state index contributed by atoms with van der Waals surface area (Å²) in [6.07, 6.45) is 18.7. The van der Waals surface area contributed by atoms with Crippen LogP contribution in [-0.2, 0) is 27.5 Å². The zero-order valence-corrected chi connectivity index (χ0v) is 47.9. The summed E-state index contributed by atoms with van der Waals surface area (Å²) in [5.74, 6) is -0.906. The number of aliphatic hydroxyl groups excluding tert-OH is 2. The van der Waals surface area contributed by atoms with Gasteiger partial charge in [-0.3, -0.25) is 10.2 Å². The minimum Gasteiger partial charge on any atom is -0.497 e. The van der Waals surface area contributed by atoms with Gasteiger partial charge in [0.25, 0.3) is 0 Å². The number of fused-ring (bicyclic) bond motifs is 3. The molecular formula is C67H85N3O11. The first-order valence-electron chi connectivity index (χ1n) is 29.6. The molecule has 1 saturated carbocycles. The predicted molar refractivity (Wildman–Crippen MR) is 318 cm³/mol. The summed E-state index contributed by atoms with van der Waals surface area (Å²) < 4.78 is 38.4. The molecule has 0 aromatic heterocycles. The monoisotopic (exact) mass is 1110 g/mol. The average Bonchev–Trinajstić information content (AvgIpc) is 1.58. The van der Waals surface area contributed by atoms with Crippen molar-refractivity contribution in [3.05, 3.63) is 150 Å². The van der Waals surface area contributed by atoms with Gasteiger partial charge in [0.2, 0.25) is 5.79 Å². The first kappa shape index (κ1) is 60.2. The summed E-state index contributed by atoms with van der Waals surface area (Å²) in [5, 5.41) is 30.3. The molecule has 5 aromatic carbocycles. The summed E-state index contributed by atoms with van der Waals surface area (Å²) in [5.41, 5.74) is 4.61. The van der Waals surface area contributed by atoms with Crippen LogP contribution in [0.15, 0.2) is 139 Å². The maximum Gasteiger partial charge on any atom is 0.417 e. The minimum atomic E-state index is -1.56. The van der Waals surface area contributed by atoms with Crippen LogP contribution in [0.25, 0.3) is 10.8 Å². The number of oxime groups is 1. The second-order valence-electron chi connectivity index (χ2n) is 21.7. The van der Waals surface area contributed by atoms with E-state index in [2.05, 4.69) is 49.2 Å². The lowest BCUT2D eigenvalue weighted by molar-refractivity contribution is -0.256. The third-order valence-electron chi connectivity index (χ3n) is 16.3. The lowest BCUT2D eigenvalue weighted by Gasteiger charge is -2.59. The molecule has 434 valence electrons. The first-order chi connectivity index (χ1) is 39.7. The topological polar surface area (TPSA) is 167 Å². The molecule has 1 heterocycles. The second kappa shape index (κ2) is 30.8. The van der Waals surface area contributed by atoms with Gasteiger partial charge in [-0.05, 0) is 102 Å². The number of carbonyl (C=O) groups excluding carboxylic acids is 2. The summed E-state index contributed by atoms with van der Waals surface area (Å²) in [6.45, 7) is 7.19. The average molecular weight is 1110 g/mol. The molecule has 14 nitrogen and oxygen atoms in total. The zero-order chi connectivity index (χ0) is 56.8. The Kier molecular flexibility index (Phi) is 22.9. The van der Waals surface area contributed by atoms with Crippen LogP contribution in [0.4, 0.5) is 15.3 Å². The highest BCUT2D eigenvalue weighted by Gasteiger charge is 2.66. The van der Waals surface area contributed by atoms with Gasteiger partial charge in [0.1, 0.15) is 35.6 Å². The molecule has 81 heavy (non-hydrogen) atoms. The van der Waals surface area contributed by atoms with Crippen molar-refractivity contribution in [2.24, 2.45) is 22.9 Å². The fraction of sp³-hybridized carbons (Fsp3) is 0.478. The highest BCUT2D eigenvalue weighted by atomic mass is 16.7. The number of nitrogens with one attached hydrogen (secondary N) is 1. The summed E-state index contributed by atoms with van der Waals surface area (Å²) in [7, 11) is 3.07.